The van der Waals surface area contributed by atoms with Crippen molar-refractivity contribution in [3.8, 4) is 0 Å². The van der Waals surface area contributed by atoms with Crippen LogP contribution in [0.25, 0.3) is 0 Å². The quantitative estimate of drug-likeness (QED) is 0.754. The normalized spacial score (nSPS) is 22.6. The Bertz CT molecular complexity index is 674. The van der Waals surface area contributed by atoms with E-state index < -0.39 is 10.0 Å². The summed E-state index contributed by atoms with van der Waals surface area (Å²) < 4.78 is 33.7. The summed E-state index contributed by atoms with van der Waals surface area (Å²) in [6, 6.07) is 6.70. The average molecular weight is 402 g/mol. The largest absolute Gasteiger partial charge is 0.379 e. The Morgan fingerprint density at radius 3 is 2.73 bits per heavy atom. The maximum Gasteiger partial charge on any atom is 0.244 e. The van der Waals surface area contributed by atoms with Crippen molar-refractivity contribution in [2.45, 2.75) is 30.2 Å². The molecule has 1 unspecified atom stereocenters. The van der Waals surface area contributed by atoms with E-state index in [0.29, 0.717) is 13.1 Å². The van der Waals surface area contributed by atoms with E-state index in [1.54, 1.807) is 28.6 Å². The first kappa shape index (κ1) is 20.0. The van der Waals surface area contributed by atoms with E-state index in [-0.39, 0.29) is 16.0 Å². The van der Waals surface area contributed by atoms with Gasteiger partial charge in [-0.2, -0.15) is 4.31 Å². The van der Waals surface area contributed by atoms with Gasteiger partial charge >= 0.3 is 0 Å². The van der Waals surface area contributed by atoms with Crippen molar-refractivity contribution < 1.29 is 13.2 Å². The maximum absolute atomic E-state index is 13.3. The van der Waals surface area contributed by atoms with E-state index in [2.05, 4.69) is 10.2 Å². The Morgan fingerprint density at radius 1 is 1.27 bits per heavy atom. The van der Waals surface area contributed by atoms with Gasteiger partial charge in [-0.15, -0.1) is 0 Å². The molecular formula is C18H28ClN3O3S. The van der Waals surface area contributed by atoms with Gasteiger partial charge in [-0.25, -0.2) is 8.42 Å². The molecule has 146 valence electrons. The molecule has 0 bridgehead atoms. The first-order valence-electron chi connectivity index (χ1n) is 9.36. The highest BCUT2D eigenvalue weighted by Gasteiger charge is 2.33. The molecule has 2 fully saturated rings. The highest BCUT2D eigenvalue weighted by molar-refractivity contribution is 7.89. The van der Waals surface area contributed by atoms with Crippen molar-refractivity contribution in [2.75, 3.05) is 52.5 Å². The van der Waals surface area contributed by atoms with Crippen LogP contribution in [0.3, 0.4) is 0 Å². The molecule has 26 heavy (non-hydrogen) atoms. The second kappa shape index (κ2) is 9.48. The second-order valence-corrected chi connectivity index (χ2v) is 9.12. The molecule has 0 radical (unpaired) electrons. The van der Waals surface area contributed by atoms with Crippen LogP contribution in [0.1, 0.15) is 19.3 Å². The van der Waals surface area contributed by atoms with Crippen LogP contribution in [0.15, 0.2) is 29.2 Å². The lowest BCUT2D eigenvalue weighted by molar-refractivity contribution is 0.0365. The molecule has 1 aromatic rings. The monoisotopic (exact) mass is 401 g/mol. The lowest BCUT2D eigenvalue weighted by atomic mass is 10.1. The van der Waals surface area contributed by atoms with E-state index in [1.165, 1.54) is 0 Å². The van der Waals surface area contributed by atoms with Crippen molar-refractivity contribution in [1.29, 1.82) is 0 Å². The van der Waals surface area contributed by atoms with Crippen LogP contribution in [0, 0.1) is 0 Å². The number of hydrogen-bond donors (Lipinski definition) is 1. The van der Waals surface area contributed by atoms with Crippen molar-refractivity contribution in [3.63, 3.8) is 0 Å². The molecule has 1 aromatic carbocycles. The fraction of sp³-hybridized carbons (Fsp3) is 0.667. The molecule has 1 atom stereocenters. The average Bonchev–Trinajstić information content (AvgIpc) is 2.67. The predicted octanol–water partition coefficient (Wildman–Crippen LogP) is 1.80. The summed E-state index contributed by atoms with van der Waals surface area (Å²) in [7, 11) is -3.62. The van der Waals surface area contributed by atoms with Crippen LogP contribution in [0.4, 0.5) is 0 Å². The summed E-state index contributed by atoms with van der Waals surface area (Å²) in [6.45, 7) is 6.40. The highest BCUT2D eigenvalue weighted by atomic mass is 35.5. The molecule has 3 rings (SSSR count). The number of halogens is 1. The molecule has 2 saturated heterocycles. The summed E-state index contributed by atoms with van der Waals surface area (Å²) in [5.41, 5.74) is 0. The number of sulfonamides is 1. The zero-order valence-electron chi connectivity index (χ0n) is 15.1. The Hall–Kier alpha value is -0.700. The van der Waals surface area contributed by atoms with Gasteiger partial charge in [0.1, 0.15) is 4.90 Å². The van der Waals surface area contributed by atoms with Crippen LogP contribution < -0.4 is 5.32 Å². The molecular weight excluding hydrogens is 374 g/mol. The van der Waals surface area contributed by atoms with E-state index in [0.717, 1.165) is 58.7 Å². The summed E-state index contributed by atoms with van der Waals surface area (Å²) in [5, 5.41) is 3.61. The molecule has 2 aliphatic rings. The molecule has 0 saturated carbocycles. The first-order valence-corrected chi connectivity index (χ1v) is 11.2. The van der Waals surface area contributed by atoms with Gasteiger partial charge in [-0.05, 0) is 44.5 Å². The standard InChI is InChI=1S/C18H28ClN3O3S/c19-17-6-1-2-7-18(17)26(23,24)22(16-5-3-8-20-15-16)10-4-9-21-11-13-25-14-12-21/h1-2,6-7,16,20H,3-5,8-15H2. The molecule has 0 amide bonds. The van der Waals surface area contributed by atoms with Gasteiger partial charge in [0.2, 0.25) is 10.0 Å². The minimum atomic E-state index is -3.62. The molecule has 0 spiro atoms. The minimum absolute atomic E-state index is 0.0188. The number of piperidine rings is 1. The number of hydrogen-bond acceptors (Lipinski definition) is 5. The van der Waals surface area contributed by atoms with Crippen LogP contribution in [0.2, 0.25) is 5.02 Å². The number of nitrogens with one attached hydrogen (secondary N) is 1. The van der Waals surface area contributed by atoms with Crippen LogP contribution in [-0.4, -0.2) is 76.1 Å². The second-order valence-electron chi connectivity index (χ2n) is 6.85. The summed E-state index contributed by atoms with van der Waals surface area (Å²) >= 11 is 6.20. The van der Waals surface area contributed by atoms with E-state index in [4.69, 9.17) is 16.3 Å². The Balaban J connectivity index is 1.73. The van der Waals surface area contributed by atoms with Gasteiger partial charge < -0.3 is 10.1 Å². The summed E-state index contributed by atoms with van der Waals surface area (Å²) in [5.74, 6) is 0. The Kier molecular flexibility index (Phi) is 7.31. The van der Waals surface area contributed by atoms with Crippen LogP contribution in [0.5, 0.6) is 0 Å². The molecule has 0 aromatic heterocycles. The van der Waals surface area contributed by atoms with Crippen LogP contribution in [-0.2, 0) is 14.8 Å². The molecule has 2 heterocycles. The third-order valence-electron chi connectivity index (χ3n) is 5.06. The minimum Gasteiger partial charge on any atom is -0.379 e. The van der Waals surface area contributed by atoms with E-state index in [9.17, 15) is 8.42 Å². The van der Waals surface area contributed by atoms with Gasteiger partial charge in [-0.3, -0.25) is 4.90 Å². The first-order chi connectivity index (χ1) is 12.6. The molecule has 2 aliphatic heterocycles. The Labute approximate surface area is 161 Å². The SMILES string of the molecule is O=S(=O)(c1ccccc1Cl)N(CCCN1CCOCC1)C1CCCNC1. The lowest BCUT2D eigenvalue weighted by Crippen LogP contribution is -2.49. The fourth-order valence-electron chi connectivity index (χ4n) is 3.63. The number of ether oxygens (including phenoxy) is 1. The molecule has 8 heteroatoms. The number of morpholine rings is 1. The Morgan fingerprint density at radius 2 is 2.04 bits per heavy atom. The van der Waals surface area contributed by atoms with E-state index in [1.807, 2.05) is 0 Å². The smallest absolute Gasteiger partial charge is 0.244 e. The van der Waals surface area contributed by atoms with Gasteiger partial charge in [0, 0.05) is 32.2 Å². The zero-order chi connectivity index (χ0) is 18.4. The van der Waals surface area contributed by atoms with Gasteiger partial charge in [-0.1, -0.05) is 23.7 Å². The van der Waals surface area contributed by atoms with Crippen molar-refractivity contribution >= 4 is 21.6 Å². The van der Waals surface area contributed by atoms with E-state index >= 15 is 0 Å². The van der Waals surface area contributed by atoms with Gasteiger partial charge in [0.25, 0.3) is 0 Å². The number of nitrogens with zero attached hydrogens (tertiary/aromatic N) is 2. The fourth-order valence-corrected chi connectivity index (χ4v) is 5.82. The highest BCUT2D eigenvalue weighted by Crippen LogP contribution is 2.27. The molecule has 1 N–H and O–H groups in total. The number of benzene rings is 1. The van der Waals surface area contributed by atoms with Crippen molar-refractivity contribution in [3.05, 3.63) is 29.3 Å². The summed E-state index contributed by atoms with van der Waals surface area (Å²) in [4.78, 5) is 2.54. The van der Waals surface area contributed by atoms with Crippen molar-refractivity contribution in [1.82, 2.24) is 14.5 Å². The maximum atomic E-state index is 13.3. The van der Waals surface area contributed by atoms with Gasteiger partial charge in [0.05, 0.1) is 18.2 Å². The third kappa shape index (κ3) is 4.97. The zero-order valence-corrected chi connectivity index (χ0v) is 16.6. The molecule has 0 aliphatic carbocycles. The number of rotatable bonds is 7. The lowest BCUT2D eigenvalue weighted by Gasteiger charge is -2.35. The topological polar surface area (TPSA) is 61.9 Å². The third-order valence-corrected chi connectivity index (χ3v) is 7.51. The van der Waals surface area contributed by atoms with Crippen LogP contribution >= 0.6 is 11.6 Å². The summed E-state index contributed by atoms with van der Waals surface area (Å²) in [6.07, 6.45) is 2.68. The van der Waals surface area contributed by atoms with Crippen molar-refractivity contribution in [2.24, 2.45) is 0 Å². The molecule has 6 nitrogen and oxygen atoms in total. The predicted molar refractivity (Wildman–Crippen MR) is 103 cm³/mol. The van der Waals surface area contributed by atoms with Gasteiger partial charge in [0.15, 0.2) is 0 Å².